The molecule has 0 amide bonds. The highest BCUT2D eigenvalue weighted by atomic mass is 16.5. The molecule has 0 atom stereocenters. The van der Waals surface area contributed by atoms with Crippen molar-refractivity contribution in [2.45, 2.75) is 26.5 Å². The van der Waals surface area contributed by atoms with Crippen molar-refractivity contribution in [2.75, 3.05) is 34.3 Å². The number of nitrogens with zero attached hydrogens (tertiary/aromatic N) is 1. The summed E-state index contributed by atoms with van der Waals surface area (Å²) in [4.78, 5) is 2.16. The maximum Gasteiger partial charge on any atom is 0.130 e. The van der Waals surface area contributed by atoms with Crippen LogP contribution in [0, 0.1) is 6.92 Å². The molecule has 98 valence electrons. The van der Waals surface area contributed by atoms with Gasteiger partial charge < -0.3 is 19.4 Å². The van der Waals surface area contributed by atoms with E-state index in [1.165, 1.54) is 5.56 Å². The molecular weight excluding hydrogens is 216 g/mol. The standard InChI is InChI=1S/C13H24N2O2/c1-11-8-12(17-13(11)9-14-2)10-16-7-5-6-15(3)4/h8,14H,5-7,9-10H2,1-4H3. The topological polar surface area (TPSA) is 37.6 Å². The van der Waals surface area contributed by atoms with Gasteiger partial charge in [0.05, 0.1) is 6.54 Å². The zero-order valence-electron chi connectivity index (χ0n) is 11.4. The molecule has 0 aromatic carbocycles. The van der Waals surface area contributed by atoms with Crippen LogP contribution in [-0.2, 0) is 17.9 Å². The van der Waals surface area contributed by atoms with Crippen molar-refractivity contribution in [3.05, 3.63) is 23.2 Å². The number of rotatable bonds is 8. The summed E-state index contributed by atoms with van der Waals surface area (Å²) in [6, 6.07) is 2.05. The Morgan fingerprint density at radius 1 is 1.41 bits per heavy atom. The zero-order chi connectivity index (χ0) is 12.7. The molecule has 0 spiro atoms. The van der Waals surface area contributed by atoms with Gasteiger partial charge >= 0.3 is 0 Å². The number of hydrogen-bond donors (Lipinski definition) is 1. The second-order valence-electron chi connectivity index (χ2n) is 4.56. The maximum atomic E-state index is 5.68. The van der Waals surface area contributed by atoms with E-state index in [0.717, 1.165) is 37.6 Å². The summed E-state index contributed by atoms with van der Waals surface area (Å²) in [6.45, 7) is 5.23. The first-order chi connectivity index (χ1) is 8.13. The van der Waals surface area contributed by atoms with Gasteiger partial charge in [-0.15, -0.1) is 0 Å². The van der Waals surface area contributed by atoms with Gasteiger partial charge in [-0.05, 0) is 52.7 Å². The molecule has 0 fully saturated rings. The second-order valence-corrected chi connectivity index (χ2v) is 4.56. The fourth-order valence-corrected chi connectivity index (χ4v) is 1.65. The van der Waals surface area contributed by atoms with Crippen molar-refractivity contribution in [3.63, 3.8) is 0 Å². The molecule has 0 unspecified atom stereocenters. The Hall–Kier alpha value is -0.840. The number of hydrogen-bond acceptors (Lipinski definition) is 4. The molecule has 1 aromatic rings. The highest BCUT2D eigenvalue weighted by molar-refractivity contribution is 5.19. The van der Waals surface area contributed by atoms with Gasteiger partial charge in [0.2, 0.25) is 0 Å². The number of aryl methyl sites for hydroxylation is 1. The van der Waals surface area contributed by atoms with Gasteiger partial charge in [0.15, 0.2) is 0 Å². The zero-order valence-corrected chi connectivity index (χ0v) is 11.4. The van der Waals surface area contributed by atoms with Gasteiger partial charge in [-0.2, -0.15) is 0 Å². The van der Waals surface area contributed by atoms with Crippen LogP contribution < -0.4 is 5.32 Å². The molecular formula is C13H24N2O2. The van der Waals surface area contributed by atoms with Crippen molar-refractivity contribution in [1.82, 2.24) is 10.2 Å². The predicted molar refractivity (Wildman–Crippen MR) is 69.0 cm³/mol. The summed E-state index contributed by atoms with van der Waals surface area (Å²) in [5.74, 6) is 1.91. The average Bonchev–Trinajstić information content (AvgIpc) is 2.59. The van der Waals surface area contributed by atoms with Crippen LogP contribution in [0.15, 0.2) is 10.5 Å². The first kappa shape index (κ1) is 14.2. The Kier molecular flexibility index (Phi) is 6.26. The van der Waals surface area contributed by atoms with Crippen molar-refractivity contribution < 1.29 is 9.15 Å². The van der Waals surface area contributed by atoms with E-state index in [0.29, 0.717) is 6.61 Å². The summed E-state index contributed by atoms with van der Waals surface area (Å²) in [7, 11) is 6.05. The molecule has 0 radical (unpaired) electrons. The Morgan fingerprint density at radius 3 is 2.82 bits per heavy atom. The molecule has 0 bridgehead atoms. The Labute approximate surface area is 104 Å². The van der Waals surface area contributed by atoms with E-state index >= 15 is 0 Å². The maximum absolute atomic E-state index is 5.68. The lowest BCUT2D eigenvalue weighted by molar-refractivity contribution is 0.0984. The highest BCUT2D eigenvalue weighted by Crippen LogP contribution is 2.15. The monoisotopic (exact) mass is 240 g/mol. The molecule has 0 aliphatic carbocycles. The normalized spacial score (nSPS) is 11.4. The van der Waals surface area contributed by atoms with Crippen LogP contribution in [0.2, 0.25) is 0 Å². The van der Waals surface area contributed by atoms with E-state index < -0.39 is 0 Å². The highest BCUT2D eigenvalue weighted by Gasteiger charge is 2.06. The van der Waals surface area contributed by atoms with E-state index in [1.807, 2.05) is 7.05 Å². The average molecular weight is 240 g/mol. The van der Waals surface area contributed by atoms with Crippen molar-refractivity contribution in [2.24, 2.45) is 0 Å². The molecule has 4 nitrogen and oxygen atoms in total. The number of nitrogens with one attached hydrogen (secondary N) is 1. The molecule has 0 saturated heterocycles. The first-order valence-electron chi connectivity index (χ1n) is 6.08. The van der Waals surface area contributed by atoms with Crippen LogP contribution in [0.4, 0.5) is 0 Å². The van der Waals surface area contributed by atoms with Gasteiger partial charge in [-0.1, -0.05) is 0 Å². The lowest BCUT2D eigenvalue weighted by Gasteiger charge is -2.08. The molecule has 0 aliphatic heterocycles. The second kappa shape index (κ2) is 7.48. The van der Waals surface area contributed by atoms with Gasteiger partial charge in [-0.25, -0.2) is 0 Å². The minimum absolute atomic E-state index is 0.567. The SMILES string of the molecule is CNCc1oc(COCCCN(C)C)cc1C. The van der Waals surface area contributed by atoms with E-state index in [9.17, 15) is 0 Å². The third-order valence-corrected chi connectivity index (χ3v) is 2.55. The quantitative estimate of drug-likeness (QED) is 0.703. The van der Waals surface area contributed by atoms with Crippen molar-refractivity contribution in [1.29, 1.82) is 0 Å². The molecule has 1 rings (SSSR count). The summed E-state index contributed by atoms with van der Waals surface area (Å²) in [5.41, 5.74) is 1.19. The third-order valence-electron chi connectivity index (χ3n) is 2.55. The lowest BCUT2D eigenvalue weighted by atomic mass is 10.2. The minimum Gasteiger partial charge on any atom is -0.462 e. The predicted octanol–water partition coefficient (Wildman–Crippen LogP) is 1.78. The Bertz CT molecular complexity index is 321. The van der Waals surface area contributed by atoms with E-state index in [-0.39, 0.29) is 0 Å². The van der Waals surface area contributed by atoms with E-state index in [4.69, 9.17) is 9.15 Å². The van der Waals surface area contributed by atoms with Crippen LogP contribution >= 0.6 is 0 Å². The van der Waals surface area contributed by atoms with Gasteiger partial charge in [0.1, 0.15) is 18.1 Å². The summed E-state index contributed by atoms with van der Waals surface area (Å²) >= 11 is 0. The Balaban J connectivity index is 2.25. The molecule has 1 N–H and O–H groups in total. The smallest absolute Gasteiger partial charge is 0.130 e. The summed E-state index contributed by atoms with van der Waals surface area (Å²) < 4.78 is 11.3. The van der Waals surface area contributed by atoms with Gasteiger partial charge in [-0.3, -0.25) is 0 Å². The molecule has 0 saturated carbocycles. The lowest BCUT2D eigenvalue weighted by Crippen LogP contribution is -2.14. The number of ether oxygens (including phenoxy) is 1. The van der Waals surface area contributed by atoms with Gasteiger partial charge in [0.25, 0.3) is 0 Å². The fraction of sp³-hybridized carbons (Fsp3) is 0.692. The van der Waals surface area contributed by atoms with E-state index in [2.05, 4.69) is 37.3 Å². The van der Waals surface area contributed by atoms with Crippen LogP contribution in [0.3, 0.4) is 0 Å². The summed E-state index contributed by atoms with van der Waals surface area (Å²) in [6.07, 6.45) is 1.05. The molecule has 0 aliphatic rings. The van der Waals surface area contributed by atoms with Crippen LogP contribution in [-0.4, -0.2) is 39.2 Å². The molecule has 17 heavy (non-hydrogen) atoms. The van der Waals surface area contributed by atoms with Crippen LogP contribution in [0.5, 0.6) is 0 Å². The van der Waals surface area contributed by atoms with Crippen molar-refractivity contribution in [3.8, 4) is 0 Å². The molecule has 1 heterocycles. The number of furan rings is 1. The first-order valence-corrected chi connectivity index (χ1v) is 6.08. The Morgan fingerprint density at radius 2 is 2.18 bits per heavy atom. The van der Waals surface area contributed by atoms with Crippen LogP contribution in [0.1, 0.15) is 23.5 Å². The van der Waals surface area contributed by atoms with Gasteiger partial charge in [0, 0.05) is 6.61 Å². The van der Waals surface area contributed by atoms with Crippen LogP contribution in [0.25, 0.3) is 0 Å². The van der Waals surface area contributed by atoms with E-state index in [1.54, 1.807) is 0 Å². The summed E-state index contributed by atoms with van der Waals surface area (Å²) in [5, 5.41) is 3.09. The third kappa shape index (κ3) is 5.35. The largest absolute Gasteiger partial charge is 0.462 e. The molecule has 1 aromatic heterocycles. The fourth-order valence-electron chi connectivity index (χ4n) is 1.65. The minimum atomic E-state index is 0.567. The molecule has 4 heteroatoms. The van der Waals surface area contributed by atoms with Crippen molar-refractivity contribution >= 4 is 0 Å².